The molecule has 2 aromatic carbocycles. The van der Waals surface area contributed by atoms with Gasteiger partial charge in [-0.3, -0.25) is 5.41 Å². The van der Waals surface area contributed by atoms with Gasteiger partial charge in [-0.2, -0.15) is 0 Å². The molecule has 0 aliphatic rings. The normalized spacial score (nSPS) is 10.8. The van der Waals surface area contributed by atoms with Crippen LogP contribution in [0.25, 0.3) is 10.2 Å². The summed E-state index contributed by atoms with van der Waals surface area (Å²) in [5.74, 6) is -0.0217. The van der Waals surface area contributed by atoms with Crippen molar-refractivity contribution in [3.8, 4) is 0 Å². The van der Waals surface area contributed by atoms with E-state index in [9.17, 15) is 0 Å². The fraction of sp³-hybridized carbons (Fsp3) is 0. The smallest absolute Gasteiger partial charge is 0.155 e. The van der Waals surface area contributed by atoms with Gasteiger partial charge in [-0.05, 0) is 30.3 Å². The molecule has 1 heterocycles. The lowest BCUT2D eigenvalue weighted by Crippen LogP contribution is -2.11. The topological polar surface area (TPSA) is 62.8 Å². The first-order valence-electron chi connectivity index (χ1n) is 5.81. The van der Waals surface area contributed by atoms with E-state index in [1.807, 2.05) is 30.3 Å². The Balaban J connectivity index is 1.90. The number of nitrogens with one attached hydrogen (secondary N) is 1. The molecule has 100 valence electrons. The van der Waals surface area contributed by atoms with Crippen molar-refractivity contribution in [1.82, 2.24) is 4.98 Å². The van der Waals surface area contributed by atoms with Gasteiger partial charge in [0.1, 0.15) is 5.84 Å². The van der Waals surface area contributed by atoms with Gasteiger partial charge in [0.2, 0.25) is 0 Å². The number of nitrogens with zero attached hydrogens (tertiary/aromatic N) is 1. The number of hydrogen-bond acceptors (Lipinski definition) is 4. The second-order valence-corrected chi connectivity index (χ2v) is 6.86. The van der Waals surface area contributed by atoms with Crippen LogP contribution in [-0.4, -0.2) is 10.8 Å². The van der Waals surface area contributed by atoms with Gasteiger partial charge in [0.05, 0.1) is 15.2 Å². The first-order valence-corrected chi connectivity index (χ1v) is 7.82. The first-order chi connectivity index (χ1) is 9.63. The molecule has 0 atom stereocenters. The van der Waals surface area contributed by atoms with Crippen LogP contribution in [0.5, 0.6) is 0 Å². The van der Waals surface area contributed by atoms with Gasteiger partial charge in [-0.25, -0.2) is 4.98 Å². The van der Waals surface area contributed by atoms with Crippen molar-refractivity contribution in [3.05, 3.63) is 53.1 Å². The summed E-state index contributed by atoms with van der Waals surface area (Å²) in [6.07, 6.45) is 0. The maximum atomic E-state index is 7.42. The predicted molar refractivity (Wildman–Crippen MR) is 86.2 cm³/mol. The number of amidine groups is 1. The van der Waals surface area contributed by atoms with E-state index in [1.54, 1.807) is 29.2 Å². The molecule has 0 saturated carbocycles. The zero-order valence-electron chi connectivity index (χ0n) is 10.3. The van der Waals surface area contributed by atoms with Gasteiger partial charge in [0, 0.05) is 10.5 Å². The molecule has 3 rings (SSSR count). The standard InChI is InChI=1S/C14H10ClN3S2/c15-10-7-8(5-6-9(10)13(16)17)19-14-18-11-3-1-2-4-12(11)20-14/h1-7H,(H3,16,17). The van der Waals surface area contributed by atoms with Crippen LogP contribution in [-0.2, 0) is 0 Å². The van der Waals surface area contributed by atoms with Gasteiger partial charge in [0.15, 0.2) is 4.34 Å². The van der Waals surface area contributed by atoms with Gasteiger partial charge in [0.25, 0.3) is 0 Å². The number of fused-ring (bicyclic) bond motifs is 1. The van der Waals surface area contributed by atoms with Crippen molar-refractivity contribution in [2.75, 3.05) is 0 Å². The van der Waals surface area contributed by atoms with Crippen LogP contribution in [0, 0.1) is 5.41 Å². The second kappa shape index (κ2) is 5.44. The highest BCUT2D eigenvalue weighted by Crippen LogP contribution is 2.35. The minimum Gasteiger partial charge on any atom is -0.384 e. The van der Waals surface area contributed by atoms with Crippen LogP contribution < -0.4 is 5.73 Å². The maximum absolute atomic E-state index is 7.42. The summed E-state index contributed by atoms with van der Waals surface area (Å²) in [5.41, 5.74) is 7.01. The van der Waals surface area contributed by atoms with Crippen molar-refractivity contribution >= 4 is 50.8 Å². The first kappa shape index (κ1) is 13.4. The monoisotopic (exact) mass is 319 g/mol. The van der Waals surface area contributed by atoms with E-state index in [-0.39, 0.29) is 5.84 Å². The Hall–Kier alpha value is -1.56. The third-order valence-corrected chi connectivity index (χ3v) is 5.11. The van der Waals surface area contributed by atoms with Crippen molar-refractivity contribution < 1.29 is 0 Å². The number of aromatic nitrogens is 1. The minimum atomic E-state index is -0.0217. The molecular formula is C14H10ClN3S2. The van der Waals surface area contributed by atoms with E-state index >= 15 is 0 Å². The maximum Gasteiger partial charge on any atom is 0.155 e. The molecule has 20 heavy (non-hydrogen) atoms. The Kier molecular flexibility index (Phi) is 3.65. The van der Waals surface area contributed by atoms with Crippen LogP contribution in [0.3, 0.4) is 0 Å². The minimum absolute atomic E-state index is 0.0217. The number of thiazole rings is 1. The van der Waals surface area contributed by atoms with Crippen molar-refractivity contribution in [2.45, 2.75) is 9.24 Å². The predicted octanol–water partition coefficient (Wildman–Crippen LogP) is 4.38. The third-order valence-electron chi connectivity index (χ3n) is 2.71. The van der Waals surface area contributed by atoms with E-state index in [1.165, 1.54) is 4.70 Å². The lowest BCUT2D eigenvalue weighted by Gasteiger charge is -2.04. The van der Waals surface area contributed by atoms with Crippen molar-refractivity contribution in [2.24, 2.45) is 5.73 Å². The van der Waals surface area contributed by atoms with Gasteiger partial charge in [-0.1, -0.05) is 35.5 Å². The summed E-state index contributed by atoms with van der Waals surface area (Å²) in [4.78, 5) is 5.55. The summed E-state index contributed by atoms with van der Waals surface area (Å²) in [7, 11) is 0. The van der Waals surface area contributed by atoms with Crippen LogP contribution in [0.2, 0.25) is 5.02 Å². The second-order valence-electron chi connectivity index (χ2n) is 4.10. The van der Waals surface area contributed by atoms with E-state index in [0.29, 0.717) is 10.6 Å². The highest BCUT2D eigenvalue weighted by atomic mass is 35.5. The Morgan fingerprint density at radius 2 is 2.05 bits per heavy atom. The highest BCUT2D eigenvalue weighted by Gasteiger charge is 2.08. The van der Waals surface area contributed by atoms with E-state index in [0.717, 1.165) is 14.8 Å². The van der Waals surface area contributed by atoms with Crippen LogP contribution >= 0.6 is 34.7 Å². The van der Waals surface area contributed by atoms with Gasteiger partial charge >= 0.3 is 0 Å². The van der Waals surface area contributed by atoms with Gasteiger partial charge in [-0.15, -0.1) is 11.3 Å². The molecule has 3 nitrogen and oxygen atoms in total. The molecular weight excluding hydrogens is 310 g/mol. The van der Waals surface area contributed by atoms with Crippen molar-refractivity contribution in [1.29, 1.82) is 5.41 Å². The quantitative estimate of drug-likeness (QED) is 0.556. The fourth-order valence-electron chi connectivity index (χ4n) is 1.77. The Morgan fingerprint density at radius 1 is 1.25 bits per heavy atom. The average Bonchev–Trinajstić information content (AvgIpc) is 2.80. The van der Waals surface area contributed by atoms with E-state index < -0.39 is 0 Å². The average molecular weight is 320 g/mol. The Morgan fingerprint density at radius 3 is 2.75 bits per heavy atom. The Labute approximate surface area is 129 Å². The molecule has 0 radical (unpaired) electrons. The van der Waals surface area contributed by atoms with Gasteiger partial charge < -0.3 is 5.73 Å². The molecule has 3 aromatic rings. The molecule has 0 amide bonds. The highest BCUT2D eigenvalue weighted by molar-refractivity contribution is 8.01. The number of benzene rings is 2. The lowest BCUT2D eigenvalue weighted by atomic mass is 10.2. The molecule has 1 aromatic heterocycles. The molecule has 0 fully saturated rings. The SMILES string of the molecule is N=C(N)c1ccc(Sc2nc3ccccc3s2)cc1Cl. The number of hydrogen-bond donors (Lipinski definition) is 2. The number of nitrogen functional groups attached to an aromatic ring is 1. The molecule has 0 spiro atoms. The summed E-state index contributed by atoms with van der Waals surface area (Å²) in [6.45, 7) is 0. The largest absolute Gasteiger partial charge is 0.384 e. The molecule has 3 N–H and O–H groups in total. The fourth-order valence-corrected chi connectivity index (χ4v) is 4.20. The summed E-state index contributed by atoms with van der Waals surface area (Å²) in [5, 5.41) is 7.91. The lowest BCUT2D eigenvalue weighted by molar-refractivity contribution is 1.29. The molecule has 0 aliphatic heterocycles. The zero-order valence-corrected chi connectivity index (χ0v) is 12.6. The molecule has 0 saturated heterocycles. The number of para-hydroxylation sites is 1. The van der Waals surface area contributed by atoms with E-state index in [2.05, 4.69) is 11.1 Å². The van der Waals surface area contributed by atoms with Crippen LogP contribution in [0.15, 0.2) is 51.7 Å². The van der Waals surface area contributed by atoms with Crippen LogP contribution in [0.4, 0.5) is 0 Å². The Bertz CT molecular complexity index is 765. The summed E-state index contributed by atoms with van der Waals surface area (Å²) < 4.78 is 2.14. The summed E-state index contributed by atoms with van der Waals surface area (Å²) in [6, 6.07) is 13.5. The molecule has 0 aliphatic carbocycles. The van der Waals surface area contributed by atoms with Crippen molar-refractivity contribution in [3.63, 3.8) is 0 Å². The van der Waals surface area contributed by atoms with E-state index in [4.69, 9.17) is 22.7 Å². The molecule has 0 unspecified atom stereocenters. The van der Waals surface area contributed by atoms with Crippen LogP contribution in [0.1, 0.15) is 5.56 Å². The third kappa shape index (κ3) is 2.65. The summed E-state index contributed by atoms with van der Waals surface area (Å²) >= 11 is 9.33. The molecule has 6 heteroatoms. The number of rotatable bonds is 3. The zero-order chi connectivity index (χ0) is 14.1. The molecule has 0 bridgehead atoms. The number of halogens is 1. The number of nitrogens with two attached hydrogens (primary N) is 1.